The Labute approximate surface area is 183 Å². The van der Waals surface area contributed by atoms with Gasteiger partial charge in [-0.3, -0.25) is 19.2 Å². The van der Waals surface area contributed by atoms with Gasteiger partial charge in [-0.15, -0.1) is 0 Å². The fourth-order valence-electron chi connectivity index (χ4n) is 3.56. The average molecular weight is 448 g/mol. The van der Waals surface area contributed by atoms with E-state index in [-0.39, 0.29) is 6.61 Å². The highest BCUT2D eigenvalue weighted by Gasteiger charge is 2.53. The lowest BCUT2D eigenvalue weighted by atomic mass is 9.93. The number of rotatable bonds is 6. The largest absolute Gasteiger partial charge is 0.463 e. The second kappa shape index (κ2) is 9.77. The van der Waals surface area contributed by atoms with Gasteiger partial charge in [0.25, 0.3) is 0 Å². The van der Waals surface area contributed by atoms with Gasteiger partial charge in [-0.1, -0.05) is 12.1 Å². The number of imidazole rings is 1. The summed E-state index contributed by atoms with van der Waals surface area (Å²) in [4.78, 5) is 54.5. The summed E-state index contributed by atoms with van der Waals surface area (Å²) in [5, 5.41) is 0. The molecule has 11 heteroatoms. The molecule has 1 aromatic carbocycles. The van der Waals surface area contributed by atoms with E-state index in [9.17, 15) is 19.2 Å². The van der Waals surface area contributed by atoms with Crippen LogP contribution in [0, 0.1) is 0 Å². The zero-order valence-electron chi connectivity index (χ0n) is 18.0. The summed E-state index contributed by atoms with van der Waals surface area (Å²) in [6.07, 6.45) is -5.72. The number of hydrogen-bond donors (Lipinski definition) is 1. The number of carbonyl (C=O) groups excluding carboxylic acids is 4. The topological polar surface area (TPSA) is 143 Å². The minimum absolute atomic E-state index is 0.295. The first-order valence-electron chi connectivity index (χ1n) is 9.91. The van der Waals surface area contributed by atoms with Crippen molar-refractivity contribution >= 4 is 34.9 Å². The third-order valence-electron chi connectivity index (χ3n) is 4.67. The van der Waals surface area contributed by atoms with Gasteiger partial charge in [-0.05, 0) is 12.1 Å². The molecular weight excluding hydrogens is 424 g/mol. The molecule has 0 amide bonds. The van der Waals surface area contributed by atoms with Crippen molar-refractivity contribution in [2.45, 2.75) is 58.2 Å². The molecule has 0 spiro atoms. The van der Waals surface area contributed by atoms with E-state index < -0.39 is 54.4 Å². The third kappa shape index (κ3) is 5.41. The number of aromatic amines is 1. The summed E-state index contributed by atoms with van der Waals surface area (Å²) in [7, 11) is 0. The first-order chi connectivity index (χ1) is 15.2. The Balaban J connectivity index is 2.07. The van der Waals surface area contributed by atoms with Crippen molar-refractivity contribution in [3.05, 3.63) is 30.1 Å². The summed E-state index contributed by atoms with van der Waals surface area (Å²) in [5.74, 6) is -2.34. The number of carbonyl (C=O) groups is 4. The highest BCUT2D eigenvalue weighted by Crippen LogP contribution is 2.37. The van der Waals surface area contributed by atoms with E-state index in [0.717, 1.165) is 0 Å². The van der Waals surface area contributed by atoms with Crippen LogP contribution in [0.25, 0.3) is 11.0 Å². The van der Waals surface area contributed by atoms with Gasteiger partial charge in [-0.25, -0.2) is 4.98 Å². The maximum atomic E-state index is 11.9. The van der Waals surface area contributed by atoms with E-state index >= 15 is 0 Å². The van der Waals surface area contributed by atoms with Crippen LogP contribution in [0.3, 0.4) is 0 Å². The van der Waals surface area contributed by atoms with Crippen LogP contribution in [-0.4, -0.2) is 64.9 Å². The summed E-state index contributed by atoms with van der Waals surface area (Å²) in [6, 6.07) is 7.20. The molecule has 3 rings (SSSR count). The quantitative estimate of drug-likeness (QED) is 0.508. The maximum Gasteiger partial charge on any atom is 0.303 e. The van der Waals surface area contributed by atoms with Crippen LogP contribution >= 0.6 is 0 Å². The van der Waals surface area contributed by atoms with Crippen LogP contribution in [0.1, 0.15) is 39.6 Å². The summed E-state index contributed by atoms with van der Waals surface area (Å²) in [6.45, 7) is 4.44. The zero-order valence-corrected chi connectivity index (χ0v) is 18.0. The van der Waals surface area contributed by atoms with Crippen molar-refractivity contribution in [1.29, 1.82) is 0 Å². The van der Waals surface area contributed by atoms with Gasteiger partial charge < -0.3 is 28.7 Å². The van der Waals surface area contributed by atoms with Gasteiger partial charge in [-0.2, -0.15) is 0 Å². The first-order valence-corrected chi connectivity index (χ1v) is 9.91. The molecule has 1 aliphatic heterocycles. The van der Waals surface area contributed by atoms with Gasteiger partial charge in [0.1, 0.15) is 18.5 Å². The van der Waals surface area contributed by atoms with E-state index in [1.54, 1.807) is 18.2 Å². The number of aromatic nitrogens is 2. The molecule has 2 heterocycles. The van der Waals surface area contributed by atoms with Crippen LogP contribution in [-0.2, 0) is 42.9 Å². The number of nitrogens with zero attached hydrogens (tertiary/aromatic N) is 1. The van der Waals surface area contributed by atoms with E-state index in [4.69, 9.17) is 23.7 Å². The molecule has 0 unspecified atom stereocenters. The number of benzene rings is 1. The lowest BCUT2D eigenvalue weighted by Gasteiger charge is -2.43. The fraction of sp³-hybridized carbons (Fsp3) is 0.476. The Morgan fingerprint density at radius 3 is 2.06 bits per heavy atom. The number of nitrogens with one attached hydrogen (secondary N) is 1. The third-order valence-corrected chi connectivity index (χ3v) is 4.67. The van der Waals surface area contributed by atoms with Gasteiger partial charge in [0.2, 0.25) is 0 Å². The van der Waals surface area contributed by atoms with Crippen molar-refractivity contribution in [2.75, 3.05) is 6.61 Å². The van der Waals surface area contributed by atoms with Gasteiger partial charge >= 0.3 is 23.9 Å². The Hall–Kier alpha value is -3.47. The molecule has 5 atom stereocenters. The minimum Gasteiger partial charge on any atom is -0.463 e. The molecule has 0 aliphatic carbocycles. The number of ether oxygens (including phenoxy) is 5. The highest BCUT2D eigenvalue weighted by atomic mass is 16.7. The molecule has 32 heavy (non-hydrogen) atoms. The standard InChI is InChI=1S/C21H24N2O9/c1-10(24)28-9-16-17(29-11(2)25)18(30-12(3)26)19(31-13(4)27)20(32-16)21-22-14-7-5-6-8-15(14)23-21/h5-8,16-20H,9H2,1-4H3,(H,22,23)/t16-,17-,18+,19-,20-/m1/s1. The summed E-state index contributed by atoms with van der Waals surface area (Å²) in [5.41, 5.74) is 1.34. The lowest BCUT2D eigenvalue weighted by Crippen LogP contribution is -2.59. The molecule has 1 fully saturated rings. The molecule has 2 aromatic rings. The highest BCUT2D eigenvalue weighted by molar-refractivity contribution is 5.75. The minimum atomic E-state index is -1.24. The number of esters is 4. The molecule has 1 aromatic heterocycles. The van der Waals surface area contributed by atoms with Crippen molar-refractivity contribution < 1.29 is 42.9 Å². The van der Waals surface area contributed by atoms with Gasteiger partial charge in [0.15, 0.2) is 24.4 Å². The number of para-hydroxylation sites is 2. The molecule has 172 valence electrons. The predicted octanol–water partition coefficient (Wildman–Crippen LogP) is 1.36. The summed E-state index contributed by atoms with van der Waals surface area (Å²) < 4.78 is 27.4. The van der Waals surface area contributed by atoms with Gasteiger partial charge in [0, 0.05) is 27.7 Å². The van der Waals surface area contributed by atoms with Crippen LogP contribution in [0.5, 0.6) is 0 Å². The van der Waals surface area contributed by atoms with Crippen molar-refractivity contribution in [1.82, 2.24) is 9.97 Å². The zero-order chi connectivity index (χ0) is 23.4. The molecule has 0 bridgehead atoms. The van der Waals surface area contributed by atoms with E-state index in [0.29, 0.717) is 16.9 Å². The Morgan fingerprint density at radius 2 is 1.47 bits per heavy atom. The number of hydrogen-bond acceptors (Lipinski definition) is 10. The van der Waals surface area contributed by atoms with E-state index in [1.807, 2.05) is 6.07 Å². The predicted molar refractivity (Wildman–Crippen MR) is 107 cm³/mol. The molecule has 1 N–H and O–H groups in total. The van der Waals surface area contributed by atoms with Gasteiger partial charge in [0.05, 0.1) is 11.0 Å². The monoisotopic (exact) mass is 448 g/mol. The van der Waals surface area contributed by atoms with E-state index in [2.05, 4.69) is 9.97 Å². The maximum absolute atomic E-state index is 11.9. The van der Waals surface area contributed by atoms with Crippen LogP contribution in [0.2, 0.25) is 0 Å². The van der Waals surface area contributed by atoms with Crippen LogP contribution in [0.4, 0.5) is 0 Å². The second-order valence-corrected chi connectivity index (χ2v) is 7.26. The normalized spacial score (nSPS) is 25.1. The lowest BCUT2D eigenvalue weighted by molar-refractivity contribution is -0.255. The SMILES string of the molecule is CC(=O)OC[C@H]1O[C@@H](c2nc3ccccc3[nH]2)[C@H](OC(C)=O)[C@@H](OC(C)=O)[C@@H]1OC(C)=O. The fourth-order valence-corrected chi connectivity index (χ4v) is 3.56. The van der Waals surface area contributed by atoms with Crippen LogP contribution in [0.15, 0.2) is 24.3 Å². The molecule has 1 aliphatic rings. The molecule has 0 saturated carbocycles. The Bertz CT molecular complexity index is 985. The second-order valence-electron chi connectivity index (χ2n) is 7.26. The Kier molecular flexibility index (Phi) is 7.08. The molecular formula is C21H24N2O9. The van der Waals surface area contributed by atoms with Crippen molar-refractivity contribution in [3.63, 3.8) is 0 Å². The average Bonchev–Trinajstić information content (AvgIpc) is 3.12. The molecule has 1 saturated heterocycles. The molecule has 0 radical (unpaired) electrons. The summed E-state index contributed by atoms with van der Waals surface area (Å²) >= 11 is 0. The van der Waals surface area contributed by atoms with Crippen molar-refractivity contribution in [2.24, 2.45) is 0 Å². The Morgan fingerprint density at radius 1 is 0.875 bits per heavy atom. The first kappa shape index (κ1) is 23.2. The number of H-pyrrole nitrogens is 1. The van der Waals surface area contributed by atoms with E-state index in [1.165, 1.54) is 27.7 Å². The van der Waals surface area contributed by atoms with Crippen molar-refractivity contribution in [3.8, 4) is 0 Å². The number of fused-ring (bicyclic) bond motifs is 1. The molecule has 11 nitrogen and oxygen atoms in total. The van der Waals surface area contributed by atoms with Crippen LogP contribution < -0.4 is 0 Å². The smallest absolute Gasteiger partial charge is 0.303 e.